The zero-order chi connectivity index (χ0) is 18.5. The van der Waals surface area contributed by atoms with Crippen LogP contribution < -0.4 is 5.32 Å². The van der Waals surface area contributed by atoms with Crippen LogP contribution in [0.3, 0.4) is 0 Å². The van der Waals surface area contributed by atoms with Crippen LogP contribution >= 0.6 is 11.6 Å². The number of aromatic nitrogens is 4. The molecule has 0 saturated carbocycles. The second-order valence-electron chi connectivity index (χ2n) is 6.28. The van der Waals surface area contributed by atoms with E-state index < -0.39 is 0 Å². The van der Waals surface area contributed by atoms with Crippen molar-refractivity contribution in [2.24, 2.45) is 0 Å². The fourth-order valence-electron chi connectivity index (χ4n) is 2.63. The Kier molecular flexibility index (Phi) is 5.63. The summed E-state index contributed by atoms with van der Waals surface area (Å²) in [5.74, 6) is -0.243. The van der Waals surface area contributed by atoms with Crippen LogP contribution in [0.5, 0.6) is 0 Å². The predicted octanol–water partition coefficient (Wildman–Crippen LogP) is 3.04. The second-order valence-corrected chi connectivity index (χ2v) is 6.71. The molecule has 2 aromatic heterocycles. The monoisotopic (exact) mass is 369 g/mol. The Bertz CT molecular complexity index is 891. The fourth-order valence-corrected chi connectivity index (χ4v) is 2.76. The summed E-state index contributed by atoms with van der Waals surface area (Å²) in [5, 5.41) is 11.6. The molecule has 0 aliphatic heterocycles. The quantitative estimate of drug-likeness (QED) is 0.724. The van der Waals surface area contributed by atoms with Crippen molar-refractivity contribution in [3.05, 3.63) is 76.3 Å². The summed E-state index contributed by atoms with van der Waals surface area (Å²) in [6.07, 6.45) is 2.30. The standard InChI is InChI=1S/C19H20ClN5O/c1-13-4-3-5-17(21-13)10-14(2)22-19(26)18-12-25(24-23-18)11-15-6-8-16(20)9-7-15/h3-9,12,14H,10-11H2,1-2H3,(H,22,26)/t14-/m0/s1. The van der Waals surface area contributed by atoms with E-state index in [9.17, 15) is 4.79 Å². The highest BCUT2D eigenvalue weighted by Gasteiger charge is 2.14. The first-order valence-electron chi connectivity index (χ1n) is 8.37. The first-order valence-corrected chi connectivity index (χ1v) is 8.75. The Morgan fingerprint density at radius 2 is 2.00 bits per heavy atom. The third-order valence-corrected chi connectivity index (χ3v) is 4.12. The van der Waals surface area contributed by atoms with Crippen molar-refractivity contribution in [3.63, 3.8) is 0 Å². The van der Waals surface area contributed by atoms with Gasteiger partial charge in [-0.15, -0.1) is 5.10 Å². The molecule has 1 aromatic carbocycles. The molecule has 1 N–H and O–H groups in total. The molecule has 6 nitrogen and oxygen atoms in total. The van der Waals surface area contributed by atoms with E-state index in [1.807, 2.05) is 56.3 Å². The van der Waals surface area contributed by atoms with E-state index in [4.69, 9.17) is 11.6 Å². The summed E-state index contributed by atoms with van der Waals surface area (Å²) in [6, 6.07) is 13.3. The molecule has 0 spiro atoms. The summed E-state index contributed by atoms with van der Waals surface area (Å²) in [5.41, 5.74) is 3.24. The molecule has 0 aliphatic rings. The van der Waals surface area contributed by atoms with E-state index in [-0.39, 0.29) is 11.9 Å². The number of halogens is 1. The van der Waals surface area contributed by atoms with Crippen molar-refractivity contribution in [2.45, 2.75) is 32.9 Å². The van der Waals surface area contributed by atoms with Gasteiger partial charge in [0.05, 0.1) is 12.7 Å². The molecule has 1 amide bonds. The van der Waals surface area contributed by atoms with Crippen LogP contribution in [0.15, 0.2) is 48.7 Å². The molecular formula is C19H20ClN5O. The minimum Gasteiger partial charge on any atom is -0.348 e. The lowest BCUT2D eigenvalue weighted by molar-refractivity contribution is 0.0935. The first kappa shape index (κ1) is 18.1. The third kappa shape index (κ3) is 4.89. The van der Waals surface area contributed by atoms with E-state index >= 15 is 0 Å². The largest absolute Gasteiger partial charge is 0.348 e. The van der Waals surface area contributed by atoms with Gasteiger partial charge in [-0.1, -0.05) is 35.0 Å². The lowest BCUT2D eigenvalue weighted by atomic mass is 10.1. The Morgan fingerprint density at radius 1 is 1.23 bits per heavy atom. The Labute approximate surface area is 157 Å². The highest BCUT2D eigenvalue weighted by Crippen LogP contribution is 2.10. The van der Waals surface area contributed by atoms with E-state index in [1.165, 1.54) is 0 Å². The lowest BCUT2D eigenvalue weighted by Crippen LogP contribution is -2.34. The van der Waals surface area contributed by atoms with Gasteiger partial charge in [0.1, 0.15) is 0 Å². The molecule has 0 aliphatic carbocycles. The van der Waals surface area contributed by atoms with Gasteiger partial charge in [-0.05, 0) is 43.7 Å². The normalized spacial score (nSPS) is 12.0. The number of nitrogens with zero attached hydrogens (tertiary/aromatic N) is 4. The molecule has 26 heavy (non-hydrogen) atoms. The van der Waals surface area contributed by atoms with Gasteiger partial charge < -0.3 is 5.32 Å². The summed E-state index contributed by atoms with van der Waals surface area (Å²) in [6.45, 7) is 4.42. The maximum Gasteiger partial charge on any atom is 0.273 e. The van der Waals surface area contributed by atoms with Gasteiger partial charge in [0, 0.05) is 28.9 Å². The van der Waals surface area contributed by atoms with Gasteiger partial charge in [0.2, 0.25) is 0 Å². The number of rotatable bonds is 6. The average molecular weight is 370 g/mol. The zero-order valence-corrected chi connectivity index (χ0v) is 15.4. The highest BCUT2D eigenvalue weighted by atomic mass is 35.5. The van der Waals surface area contributed by atoms with Crippen molar-refractivity contribution in [3.8, 4) is 0 Å². The fraction of sp³-hybridized carbons (Fsp3) is 0.263. The molecule has 2 heterocycles. The van der Waals surface area contributed by atoms with Gasteiger partial charge in [0.15, 0.2) is 5.69 Å². The number of carbonyl (C=O) groups is 1. The first-order chi connectivity index (χ1) is 12.5. The van der Waals surface area contributed by atoms with Crippen LogP contribution in [0, 0.1) is 6.92 Å². The summed E-state index contributed by atoms with van der Waals surface area (Å²) >= 11 is 5.88. The maximum atomic E-state index is 12.4. The Balaban J connectivity index is 1.58. The van der Waals surface area contributed by atoms with E-state index in [1.54, 1.807) is 10.9 Å². The summed E-state index contributed by atoms with van der Waals surface area (Å²) in [7, 11) is 0. The molecular weight excluding hydrogens is 350 g/mol. The van der Waals surface area contributed by atoms with Crippen LogP contribution in [0.1, 0.15) is 34.4 Å². The van der Waals surface area contributed by atoms with Gasteiger partial charge >= 0.3 is 0 Å². The Hall–Kier alpha value is -2.73. The number of hydrogen-bond acceptors (Lipinski definition) is 4. The van der Waals surface area contributed by atoms with Crippen molar-refractivity contribution in [1.29, 1.82) is 0 Å². The third-order valence-electron chi connectivity index (χ3n) is 3.87. The van der Waals surface area contributed by atoms with Crippen molar-refractivity contribution in [2.75, 3.05) is 0 Å². The number of hydrogen-bond donors (Lipinski definition) is 1. The number of amides is 1. The van der Waals surface area contributed by atoms with Crippen LogP contribution in [0.4, 0.5) is 0 Å². The van der Waals surface area contributed by atoms with Crippen molar-refractivity contribution >= 4 is 17.5 Å². The molecule has 0 bridgehead atoms. The smallest absolute Gasteiger partial charge is 0.273 e. The number of nitrogens with one attached hydrogen (secondary N) is 1. The number of benzene rings is 1. The van der Waals surface area contributed by atoms with Gasteiger partial charge in [-0.2, -0.15) is 0 Å². The second kappa shape index (κ2) is 8.10. The number of aryl methyl sites for hydroxylation is 1. The van der Waals surface area contributed by atoms with Gasteiger partial charge in [-0.25, -0.2) is 4.68 Å². The molecule has 134 valence electrons. The number of carbonyl (C=O) groups excluding carboxylic acids is 1. The molecule has 7 heteroatoms. The van der Waals surface area contributed by atoms with Crippen LogP contribution in [-0.2, 0) is 13.0 Å². The highest BCUT2D eigenvalue weighted by molar-refractivity contribution is 6.30. The summed E-state index contributed by atoms with van der Waals surface area (Å²) in [4.78, 5) is 16.8. The lowest BCUT2D eigenvalue weighted by Gasteiger charge is -2.12. The van der Waals surface area contributed by atoms with E-state index in [0.717, 1.165) is 17.0 Å². The van der Waals surface area contributed by atoms with Gasteiger partial charge in [-0.3, -0.25) is 9.78 Å². The molecule has 3 rings (SSSR count). The minimum absolute atomic E-state index is 0.0572. The zero-order valence-electron chi connectivity index (χ0n) is 14.7. The SMILES string of the molecule is Cc1cccc(C[C@H](C)NC(=O)c2cn(Cc3ccc(Cl)cc3)nn2)n1. The Morgan fingerprint density at radius 3 is 2.73 bits per heavy atom. The number of pyridine rings is 1. The predicted molar refractivity (Wildman–Crippen MR) is 100 cm³/mol. The average Bonchev–Trinajstić information content (AvgIpc) is 3.05. The van der Waals surface area contributed by atoms with E-state index in [0.29, 0.717) is 23.7 Å². The minimum atomic E-state index is -0.243. The topological polar surface area (TPSA) is 72.7 Å². The molecule has 1 atom stereocenters. The van der Waals surface area contributed by atoms with E-state index in [2.05, 4.69) is 20.6 Å². The molecule has 0 fully saturated rings. The molecule has 3 aromatic rings. The molecule has 0 saturated heterocycles. The van der Waals surface area contributed by atoms with Crippen molar-refractivity contribution in [1.82, 2.24) is 25.3 Å². The maximum absolute atomic E-state index is 12.4. The summed E-state index contributed by atoms with van der Waals surface area (Å²) < 4.78 is 1.63. The van der Waals surface area contributed by atoms with Gasteiger partial charge in [0.25, 0.3) is 5.91 Å². The van der Waals surface area contributed by atoms with Crippen LogP contribution in [0.2, 0.25) is 5.02 Å². The van der Waals surface area contributed by atoms with Crippen molar-refractivity contribution < 1.29 is 4.79 Å². The molecule has 0 radical (unpaired) electrons. The van der Waals surface area contributed by atoms with Crippen LogP contribution in [0.25, 0.3) is 0 Å². The van der Waals surface area contributed by atoms with Crippen LogP contribution in [-0.4, -0.2) is 31.9 Å². The molecule has 0 unspecified atom stereocenters.